The predicted octanol–water partition coefficient (Wildman–Crippen LogP) is 1.01. The van der Waals surface area contributed by atoms with Crippen LogP contribution in [-0.4, -0.2) is 59.4 Å². The number of ether oxygens (including phenoxy) is 1. The van der Waals surface area contributed by atoms with Gasteiger partial charge in [0.2, 0.25) is 5.91 Å². The lowest BCUT2D eigenvalue weighted by molar-refractivity contribution is -0.150. The molecule has 1 saturated heterocycles. The number of carbonyl (C=O) groups is 5. The molecule has 0 saturated carbocycles. The Morgan fingerprint density at radius 2 is 1.93 bits per heavy atom. The molecule has 0 bridgehead atoms. The summed E-state index contributed by atoms with van der Waals surface area (Å²) in [6.07, 6.45) is 0.465. The fourth-order valence-corrected chi connectivity index (χ4v) is 3.48. The Balaban J connectivity index is 1.65. The fraction of sp³-hybridized carbons (Fsp3) is 0.450. The number of para-hydroxylation sites is 2. The molecule has 2 heterocycles. The highest BCUT2D eigenvalue weighted by Crippen LogP contribution is 2.31. The highest BCUT2D eigenvalue weighted by Gasteiger charge is 2.47. The third kappa shape index (κ3) is 3.98. The Labute approximate surface area is 173 Å². The van der Waals surface area contributed by atoms with Crippen molar-refractivity contribution in [3.8, 4) is 0 Å². The van der Waals surface area contributed by atoms with Gasteiger partial charge in [-0.15, -0.1) is 0 Å². The molecule has 1 aromatic carbocycles. The van der Waals surface area contributed by atoms with Gasteiger partial charge in [0.1, 0.15) is 12.1 Å². The molecule has 3 rings (SSSR count). The third-order valence-electron chi connectivity index (χ3n) is 5.32. The van der Waals surface area contributed by atoms with Crippen LogP contribution in [0.5, 0.6) is 0 Å². The number of nitrogens with one attached hydrogen (secondary N) is 2. The molecule has 160 valence electrons. The number of carbonyl (C=O) groups excluding carboxylic acids is 5. The highest BCUT2D eigenvalue weighted by atomic mass is 16.5. The number of anilines is 2. The first-order chi connectivity index (χ1) is 14.2. The number of rotatable bonds is 5. The molecule has 0 radical (unpaired) electrons. The zero-order valence-electron chi connectivity index (χ0n) is 17.1. The quantitative estimate of drug-likeness (QED) is 0.545. The Kier molecular flexibility index (Phi) is 5.77. The number of fused-ring (bicyclic) bond motifs is 1. The summed E-state index contributed by atoms with van der Waals surface area (Å²) in [4.78, 5) is 63.6. The zero-order valence-corrected chi connectivity index (χ0v) is 17.1. The van der Waals surface area contributed by atoms with E-state index < -0.39 is 48.5 Å². The second kappa shape index (κ2) is 8.13. The van der Waals surface area contributed by atoms with Gasteiger partial charge in [-0.3, -0.25) is 24.1 Å². The molecule has 1 aromatic rings. The standard InChI is InChI=1S/C20H24N4O6/c1-4-20(3)18(28)23(19(29)22-20)10-17(27)30-11-16(26)24-12(2)9-15(25)21-13-7-5-6-8-14(13)24/h5-8,12H,4,9-11H2,1-3H3,(H,21,25)(H,22,29)/t12-,20-/m0/s1. The minimum Gasteiger partial charge on any atom is -0.454 e. The molecular formula is C20H24N4O6. The lowest BCUT2D eigenvalue weighted by Crippen LogP contribution is -2.44. The molecule has 0 spiro atoms. The topological polar surface area (TPSA) is 125 Å². The van der Waals surface area contributed by atoms with E-state index in [2.05, 4.69) is 10.6 Å². The van der Waals surface area contributed by atoms with Gasteiger partial charge in [0.25, 0.3) is 11.8 Å². The van der Waals surface area contributed by atoms with Gasteiger partial charge in [-0.2, -0.15) is 0 Å². The number of hydrogen-bond donors (Lipinski definition) is 2. The second-order valence-electron chi connectivity index (χ2n) is 7.55. The van der Waals surface area contributed by atoms with Crippen molar-refractivity contribution in [1.82, 2.24) is 10.2 Å². The van der Waals surface area contributed by atoms with Crippen molar-refractivity contribution in [2.75, 3.05) is 23.4 Å². The number of esters is 1. The minimum atomic E-state index is -1.06. The molecule has 1 fully saturated rings. The Hall–Kier alpha value is -3.43. The molecule has 2 atom stereocenters. The van der Waals surface area contributed by atoms with Crippen LogP contribution in [0.4, 0.5) is 16.2 Å². The molecule has 5 amide bonds. The molecule has 0 unspecified atom stereocenters. The zero-order chi connectivity index (χ0) is 22.1. The van der Waals surface area contributed by atoms with Crippen LogP contribution in [0.25, 0.3) is 0 Å². The first-order valence-electron chi connectivity index (χ1n) is 9.67. The van der Waals surface area contributed by atoms with Gasteiger partial charge in [0.05, 0.1) is 11.4 Å². The Morgan fingerprint density at radius 3 is 2.60 bits per heavy atom. The van der Waals surface area contributed by atoms with Crippen LogP contribution < -0.4 is 15.5 Å². The summed E-state index contributed by atoms with van der Waals surface area (Å²) >= 11 is 0. The largest absolute Gasteiger partial charge is 0.454 e. The summed E-state index contributed by atoms with van der Waals surface area (Å²) in [5, 5.41) is 5.29. The highest BCUT2D eigenvalue weighted by molar-refractivity contribution is 6.09. The molecule has 10 heteroatoms. The molecule has 2 aliphatic rings. The molecule has 30 heavy (non-hydrogen) atoms. The van der Waals surface area contributed by atoms with Gasteiger partial charge in [0, 0.05) is 12.5 Å². The summed E-state index contributed by atoms with van der Waals surface area (Å²) in [5.74, 6) is -2.13. The van der Waals surface area contributed by atoms with Crippen molar-refractivity contribution in [2.45, 2.75) is 45.2 Å². The normalized spacial score (nSPS) is 23.4. The van der Waals surface area contributed by atoms with Gasteiger partial charge >= 0.3 is 12.0 Å². The molecule has 0 aromatic heterocycles. The molecular weight excluding hydrogens is 392 g/mol. The predicted molar refractivity (Wildman–Crippen MR) is 107 cm³/mol. The SMILES string of the molecule is CC[C@]1(C)NC(=O)N(CC(=O)OCC(=O)N2c3ccccc3NC(=O)C[C@@H]2C)C1=O. The number of hydrogen-bond acceptors (Lipinski definition) is 6. The fourth-order valence-electron chi connectivity index (χ4n) is 3.48. The van der Waals surface area contributed by atoms with Crippen molar-refractivity contribution in [2.24, 2.45) is 0 Å². The van der Waals surface area contributed by atoms with Crippen LogP contribution in [0.3, 0.4) is 0 Å². The average Bonchev–Trinajstić information content (AvgIpc) is 2.83. The Bertz CT molecular complexity index is 916. The summed E-state index contributed by atoms with van der Waals surface area (Å²) in [7, 11) is 0. The van der Waals surface area contributed by atoms with E-state index in [4.69, 9.17) is 4.74 Å². The van der Waals surface area contributed by atoms with Gasteiger partial charge in [-0.05, 0) is 32.4 Å². The van der Waals surface area contributed by atoms with Gasteiger partial charge in [0.15, 0.2) is 6.61 Å². The van der Waals surface area contributed by atoms with Crippen molar-refractivity contribution in [1.29, 1.82) is 0 Å². The van der Waals surface area contributed by atoms with E-state index in [1.165, 1.54) is 4.90 Å². The third-order valence-corrected chi connectivity index (χ3v) is 5.32. The first-order valence-corrected chi connectivity index (χ1v) is 9.67. The number of nitrogens with zero attached hydrogens (tertiary/aromatic N) is 2. The van der Waals surface area contributed by atoms with Crippen LogP contribution in [0, 0.1) is 0 Å². The van der Waals surface area contributed by atoms with Crippen LogP contribution in [0.15, 0.2) is 24.3 Å². The maximum absolute atomic E-state index is 12.8. The van der Waals surface area contributed by atoms with Crippen molar-refractivity contribution in [3.63, 3.8) is 0 Å². The average molecular weight is 416 g/mol. The molecule has 0 aliphatic carbocycles. The summed E-state index contributed by atoms with van der Waals surface area (Å²) in [5.41, 5.74) is -0.0628. The summed E-state index contributed by atoms with van der Waals surface area (Å²) < 4.78 is 5.04. The van der Waals surface area contributed by atoms with E-state index in [9.17, 15) is 24.0 Å². The van der Waals surface area contributed by atoms with Crippen LogP contribution in [0.2, 0.25) is 0 Å². The van der Waals surface area contributed by atoms with E-state index in [0.717, 1.165) is 4.90 Å². The molecule has 2 aliphatic heterocycles. The number of amides is 5. The molecule has 2 N–H and O–H groups in total. The van der Waals surface area contributed by atoms with Crippen LogP contribution >= 0.6 is 0 Å². The summed E-state index contributed by atoms with van der Waals surface area (Å²) in [6.45, 7) is 3.88. The van der Waals surface area contributed by atoms with E-state index in [1.807, 2.05) is 0 Å². The van der Waals surface area contributed by atoms with E-state index >= 15 is 0 Å². The second-order valence-corrected chi connectivity index (χ2v) is 7.55. The van der Waals surface area contributed by atoms with Crippen molar-refractivity contribution < 1.29 is 28.7 Å². The van der Waals surface area contributed by atoms with E-state index in [-0.39, 0.29) is 12.3 Å². The van der Waals surface area contributed by atoms with Gasteiger partial charge < -0.3 is 20.3 Å². The van der Waals surface area contributed by atoms with Crippen molar-refractivity contribution >= 4 is 41.1 Å². The Morgan fingerprint density at radius 1 is 1.23 bits per heavy atom. The van der Waals surface area contributed by atoms with Crippen molar-refractivity contribution in [3.05, 3.63) is 24.3 Å². The molecule has 10 nitrogen and oxygen atoms in total. The number of imide groups is 1. The monoisotopic (exact) mass is 416 g/mol. The number of benzene rings is 1. The summed E-state index contributed by atoms with van der Waals surface area (Å²) in [6, 6.07) is 5.72. The van der Waals surface area contributed by atoms with Crippen LogP contribution in [-0.2, 0) is 23.9 Å². The smallest absolute Gasteiger partial charge is 0.326 e. The lowest BCUT2D eigenvalue weighted by atomic mass is 9.99. The first kappa shape index (κ1) is 21.3. The van der Waals surface area contributed by atoms with Gasteiger partial charge in [-0.25, -0.2) is 4.79 Å². The number of urea groups is 1. The van der Waals surface area contributed by atoms with Crippen LogP contribution in [0.1, 0.15) is 33.6 Å². The maximum Gasteiger partial charge on any atom is 0.326 e. The van der Waals surface area contributed by atoms with Gasteiger partial charge in [-0.1, -0.05) is 19.1 Å². The maximum atomic E-state index is 12.8. The van der Waals surface area contributed by atoms with E-state index in [0.29, 0.717) is 17.8 Å². The van der Waals surface area contributed by atoms with E-state index in [1.54, 1.807) is 45.0 Å². The minimum absolute atomic E-state index is 0.0897. The lowest BCUT2D eigenvalue weighted by Gasteiger charge is -2.27.